The third kappa shape index (κ3) is 5.51. The van der Waals surface area contributed by atoms with E-state index in [0.717, 1.165) is 13.1 Å². The fraction of sp³-hybridized carbons (Fsp3) is 0.429. The lowest BCUT2D eigenvalue weighted by Crippen LogP contribution is -2.34. The monoisotopic (exact) mass is 261 g/mol. The van der Waals surface area contributed by atoms with Gasteiger partial charge in [-0.25, -0.2) is 0 Å². The molecule has 0 bridgehead atoms. The summed E-state index contributed by atoms with van der Waals surface area (Å²) in [5.41, 5.74) is 1.00. The van der Waals surface area contributed by atoms with Crippen molar-refractivity contribution in [3.8, 4) is 6.07 Å². The summed E-state index contributed by atoms with van der Waals surface area (Å²) in [7, 11) is 3.64. The summed E-state index contributed by atoms with van der Waals surface area (Å²) in [6.07, 6.45) is 0. The predicted molar refractivity (Wildman–Crippen MR) is 72.9 cm³/mol. The van der Waals surface area contributed by atoms with Crippen molar-refractivity contribution >= 4 is 5.91 Å². The average molecular weight is 261 g/mol. The summed E-state index contributed by atoms with van der Waals surface area (Å²) in [6.45, 7) is 2.83. The van der Waals surface area contributed by atoms with Crippen molar-refractivity contribution in [1.29, 1.82) is 5.26 Å². The Hall–Kier alpha value is -1.90. The maximum absolute atomic E-state index is 11.8. The first kappa shape index (κ1) is 15.2. The number of hydrogen-bond acceptors (Lipinski definition) is 4. The van der Waals surface area contributed by atoms with Gasteiger partial charge in [0.2, 0.25) is 0 Å². The molecule has 0 fully saturated rings. The summed E-state index contributed by atoms with van der Waals surface area (Å²) in [6, 6.07) is 8.69. The van der Waals surface area contributed by atoms with Gasteiger partial charge in [0.05, 0.1) is 18.2 Å². The van der Waals surface area contributed by atoms with Crippen molar-refractivity contribution in [2.75, 3.05) is 40.4 Å². The smallest absolute Gasteiger partial charge is 0.251 e. The first-order valence-corrected chi connectivity index (χ1v) is 6.13. The van der Waals surface area contributed by atoms with Crippen LogP contribution in [0.15, 0.2) is 24.3 Å². The van der Waals surface area contributed by atoms with E-state index in [9.17, 15) is 4.79 Å². The zero-order valence-electron chi connectivity index (χ0n) is 11.3. The van der Waals surface area contributed by atoms with Crippen molar-refractivity contribution in [3.63, 3.8) is 0 Å². The molecule has 1 aromatic carbocycles. The van der Waals surface area contributed by atoms with Crippen LogP contribution < -0.4 is 5.32 Å². The number of carbonyl (C=O) groups is 1. The summed E-state index contributed by atoms with van der Waals surface area (Å²) in [4.78, 5) is 13.9. The fourth-order valence-corrected chi connectivity index (χ4v) is 1.55. The molecule has 5 heteroatoms. The van der Waals surface area contributed by atoms with Crippen LogP contribution in [0.5, 0.6) is 0 Å². The van der Waals surface area contributed by atoms with Gasteiger partial charge in [-0.15, -0.1) is 0 Å². The van der Waals surface area contributed by atoms with Gasteiger partial charge in [0.15, 0.2) is 0 Å². The molecule has 102 valence electrons. The number of amides is 1. The van der Waals surface area contributed by atoms with Crippen LogP contribution in [0.2, 0.25) is 0 Å². The third-order valence-electron chi connectivity index (χ3n) is 2.71. The number of benzene rings is 1. The van der Waals surface area contributed by atoms with Gasteiger partial charge in [0, 0.05) is 32.3 Å². The van der Waals surface area contributed by atoms with E-state index in [4.69, 9.17) is 10.00 Å². The summed E-state index contributed by atoms with van der Waals surface area (Å²) >= 11 is 0. The molecule has 0 aliphatic heterocycles. The van der Waals surface area contributed by atoms with E-state index >= 15 is 0 Å². The number of likely N-dealkylation sites (N-methyl/N-ethyl adjacent to an activating group) is 1. The number of nitrogens with zero attached hydrogens (tertiary/aromatic N) is 2. The molecule has 0 aliphatic rings. The molecule has 0 spiro atoms. The molecule has 0 unspecified atom stereocenters. The van der Waals surface area contributed by atoms with Crippen LogP contribution in [-0.4, -0.2) is 51.2 Å². The van der Waals surface area contributed by atoms with E-state index in [2.05, 4.69) is 10.2 Å². The van der Waals surface area contributed by atoms with Gasteiger partial charge in [0.1, 0.15) is 0 Å². The maximum atomic E-state index is 11.8. The standard InChI is InChI=1S/C14H19N3O2/c1-17(8-9-19-2)7-6-16-14(18)13-5-3-4-12(10-13)11-15/h3-5,10H,6-9H2,1-2H3,(H,16,18). The minimum Gasteiger partial charge on any atom is -0.383 e. The van der Waals surface area contributed by atoms with Crippen LogP contribution in [0.25, 0.3) is 0 Å². The highest BCUT2D eigenvalue weighted by Gasteiger charge is 2.06. The zero-order chi connectivity index (χ0) is 14.1. The van der Waals surface area contributed by atoms with Crippen molar-refractivity contribution < 1.29 is 9.53 Å². The van der Waals surface area contributed by atoms with Crippen molar-refractivity contribution in [2.45, 2.75) is 0 Å². The van der Waals surface area contributed by atoms with Crippen LogP contribution in [0, 0.1) is 11.3 Å². The Morgan fingerprint density at radius 3 is 2.95 bits per heavy atom. The second-order valence-electron chi connectivity index (χ2n) is 4.24. The molecule has 1 rings (SSSR count). The average Bonchev–Trinajstić information content (AvgIpc) is 2.45. The number of methoxy groups -OCH3 is 1. The van der Waals surface area contributed by atoms with Gasteiger partial charge in [-0.1, -0.05) is 6.07 Å². The SMILES string of the molecule is COCCN(C)CCNC(=O)c1cccc(C#N)c1. The van der Waals surface area contributed by atoms with Crippen LogP contribution in [0.3, 0.4) is 0 Å². The molecule has 1 aromatic rings. The molecule has 0 radical (unpaired) electrons. The van der Waals surface area contributed by atoms with Gasteiger partial charge in [0.25, 0.3) is 5.91 Å². The molecule has 0 aromatic heterocycles. The Balaban J connectivity index is 2.37. The maximum Gasteiger partial charge on any atom is 0.251 e. The number of rotatable bonds is 7. The topological polar surface area (TPSA) is 65.4 Å². The van der Waals surface area contributed by atoms with Gasteiger partial charge in [-0.3, -0.25) is 4.79 Å². The summed E-state index contributed by atoms with van der Waals surface area (Å²) in [5, 5.41) is 11.6. The molecule has 0 aliphatic carbocycles. The highest BCUT2D eigenvalue weighted by molar-refractivity contribution is 5.94. The minimum atomic E-state index is -0.155. The van der Waals surface area contributed by atoms with E-state index in [0.29, 0.717) is 24.3 Å². The van der Waals surface area contributed by atoms with Gasteiger partial charge >= 0.3 is 0 Å². The lowest BCUT2D eigenvalue weighted by molar-refractivity contribution is 0.0947. The van der Waals surface area contributed by atoms with E-state index < -0.39 is 0 Å². The van der Waals surface area contributed by atoms with Crippen molar-refractivity contribution in [1.82, 2.24) is 10.2 Å². The Kier molecular flexibility index (Phi) is 6.58. The van der Waals surface area contributed by atoms with E-state index in [1.807, 2.05) is 13.1 Å². The molecule has 0 saturated carbocycles. The van der Waals surface area contributed by atoms with Gasteiger partial charge < -0.3 is 15.0 Å². The third-order valence-corrected chi connectivity index (χ3v) is 2.71. The van der Waals surface area contributed by atoms with E-state index in [1.54, 1.807) is 31.4 Å². The van der Waals surface area contributed by atoms with E-state index in [-0.39, 0.29) is 5.91 Å². The van der Waals surface area contributed by atoms with E-state index in [1.165, 1.54) is 0 Å². The number of ether oxygens (including phenoxy) is 1. The van der Waals surface area contributed by atoms with Crippen LogP contribution in [-0.2, 0) is 4.74 Å². The second-order valence-corrected chi connectivity index (χ2v) is 4.24. The Bertz CT molecular complexity index is 454. The van der Waals surface area contributed by atoms with Crippen LogP contribution >= 0.6 is 0 Å². The lowest BCUT2D eigenvalue weighted by atomic mass is 10.1. The molecule has 1 amide bonds. The Labute approximate surface area is 113 Å². The number of nitriles is 1. The van der Waals surface area contributed by atoms with Gasteiger partial charge in [-0.05, 0) is 25.2 Å². The molecule has 0 atom stereocenters. The molecule has 5 nitrogen and oxygen atoms in total. The molecule has 0 heterocycles. The van der Waals surface area contributed by atoms with Gasteiger partial charge in [-0.2, -0.15) is 5.26 Å². The molecule has 1 N–H and O–H groups in total. The summed E-state index contributed by atoms with van der Waals surface area (Å²) in [5.74, 6) is -0.155. The normalized spacial score (nSPS) is 10.2. The number of hydrogen-bond donors (Lipinski definition) is 1. The lowest BCUT2D eigenvalue weighted by Gasteiger charge is -2.16. The number of nitrogens with one attached hydrogen (secondary N) is 1. The van der Waals surface area contributed by atoms with Crippen LogP contribution in [0.1, 0.15) is 15.9 Å². The molecular weight excluding hydrogens is 242 g/mol. The first-order chi connectivity index (χ1) is 9.17. The largest absolute Gasteiger partial charge is 0.383 e. The predicted octanol–water partition coefficient (Wildman–Crippen LogP) is 0.866. The molecular formula is C14H19N3O2. The van der Waals surface area contributed by atoms with Crippen molar-refractivity contribution in [2.24, 2.45) is 0 Å². The summed E-state index contributed by atoms with van der Waals surface area (Å²) < 4.78 is 4.98. The number of carbonyl (C=O) groups excluding carboxylic acids is 1. The fourth-order valence-electron chi connectivity index (χ4n) is 1.55. The Morgan fingerprint density at radius 2 is 2.26 bits per heavy atom. The second kappa shape index (κ2) is 8.25. The Morgan fingerprint density at radius 1 is 1.47 bits per heavy atom. The zero-order valence-corrected chi connectivity index (χ0v) is 11.3. The highest BCUT2D eigenvalue weighted by Crippen LogP contribution is 2.03. The highest BCUT2D eigenvalue weighted by atomic mass is 16.5. The molecule has 19 heavy (non-hydrogen) atoms. The first-order valence-electron chi connectivity index (χ1n) is 6.13. The quantitative estimate of drug-likeness (QED) is 0.791. The minimum absolute atomic E-state index is 0.155. The molecule has 0 saturated heterocycles. The van der Waals surface area contributed by atoms with Crippen LogP contribution in [0.4, 0.5) is 0 Å². The van der Waals surface area contributed by atoms with Crippen molar-refractivity contribution in [3.05, 3.63) is 35.4 Å².